The molecule has 0 radical (unpaired) electrons. The first-order valence-corrected chi connectivity index (χ1v) is 23.4. The highest BCUT2D eigenvalue weighted by Crippen LogP contribution is 2.44. The minimum Gasteiger partial charge on any atom is -0.313 e. The maximum absolute atomic E-state index is 14.1. The van der Waals surface area contributed by atoms with E-state index >= 15 is 0 Å². The zero-order valence-electron chi connectivity index (χ0n) is 37.9. The lowest BCUT2D eigenvalue weighted by Gasteiger charge is -2.34. The van der Waals surface area contributed by atoms with E-state index in [1.807, 2.05) is 24.3 Å². The molecule has 2 unspecified atom stereocenters. The molecule has 12 rings (SSSR count). The van der Waals surface area contributed by atoms with Crippen molar-refractivity contribution < 1.29 is 8.78 Å². The van der Waals surface area contributed by atoms with Gasteiger partial charge in [0.2, 0.25) is 0 Å². The third-order valence-corrected chi connectivity index (χ3v) is 14.0. The molecule has 4 nitrogen and oxygen atoms in total. The van der Waals surface area contributed by atoms with E-state index in [-0.39, 0.29) is 17.0 Å². The van der Waals surface area contributed by atoms with Crippen molar-refractivity contribution in [1.82, 2.24) is 9.13 Å². The largest absolute Gasteiger partial charge is 0.313 e. The maximum atomic E-state index is 14.1. The van der Waals surface area contributed by atoms with Crippen LogP contribution in [0.4, 0.5) is 37.2 Å². The predicted molar refractivity (Wildman–Crippen MR) is 278 cm³/mol. The number of benzene rings is 8. The Labute approximate surface area is 395 Å². The summed E-state index contributed by atoms with van der Waals surface area (Å²) >= 11 is 0. The van der Waals surface area contributed by atoms with Gasteiger partial charge in [-0.05, 0) is 158 Å². The van der Waals surface area contributed by atoms with Crippen molar-refractivity contribution in [3.63, 3.8) is 0 Å². The van der Waals surface area contributed by atoms with Gasteiger partial charge in [0.05, 0.1) is 16.6 Å². The molecule has 0 aliphatic heterocycles. The molecule has 0 saturated heterocycles. The van der Waals surface area contributed by atoms with E-state index in [4.69, 9.17) is 0 Å². The van der Waals surface area contributed by atoms with Gasteiger partial charge in [-0.1, -0.05) is 105 Å². The average molecular weight is 887 g/mol. The molecule has 0 bridgehead atoms. The summed E-state index contributed by atoms with van der Waals surface area (Å²) in [5, 5.41) is 3.45. The highest BCUT2D eigenvalue weighted by molar-refractivity contribution is 6.10. The van der Waals surface area contributed by atoms with Crippen LogP contribution in [0.25, 0.3) is 50.2 Å². The quantitative estimate of drug-likeness (QED) is 0.144. The lowest BCUT2D eigenvalue weighted by molar-refractivity contribution is 0.595. The number of nitrogens with zero attached hydrogens (tertiary/aromatic N) is 4. The smallest absolute Gasteiger partial charge is 0.123 e. The van der Waals surface area contributed by atoms with Crippen LogP contribution in [0.5, 0.6) is 0 Å². The van der Waals surface area contributed by atoms with E-state index in [9.17, 15) is 8.78 Å². The molecule has 0 N–H and O–H groups in total. The van der Waals surface area contributed by atoms with Crippen LogP contribution in [0, 0.1) is 17.6 Å². The zero-order chi connectivity index (χ0) is 45.9. The highest BCUT2D eigenvalue weighted by atomic mass is 19.1. The Morgan fingerprint density at radius 1 is 0.500 bits per heavy atom. The summed E-state index contributed by atoms with van der Waals surface area (Å²) in [6.07, 6.45) is 13.3. The molecule has 2 atom stereocenters. The highest BCUT2D eigenvalue weighted by Gasteiger charge is 2.29. The molecule has 0 amide bonds. The molecule has 2 aromatic heterocycles. The Bertz CT molecular complexity index is 3600. The van der Waals surface area contributed by atoms with Crippen molar-refractivity contribution in [3.8, 4) is 11.4 Å². The summed E-state index contributed by atoms with van der Waals surface area (Å²) in [6.45, 7) is 4.57. The zero-order valence-corrected chi connectivity index (χ0v) is 37.9. The first-order chi connectivity index (χ1) is 33.3. The molecule has 8 aromatic carbocycles. The van der Waals surface area contributed by atoms with Crippen molar-refractivity contribution in [3.05, 3.63) is 253 Å². The SMILES string of the molecule is CC1C=Cc2c(n(-c3ccc(F)cc3)c3ccc(N(c4ccccc4)c4ccc(C5(C)C=CC(N(c6ccccc6)c6ccc7c(c6)c6ccccc6n7-c6ccc(F)cc6)=CC5)cc4)cc23)C1. The van der Waals surface area contributed by atoms with Crippen molar-refractivity contribution in [2.24, 2.45) is 5.92 Å². The fourth-order valence-electron chi connectivity index (χ4n) is 10.5. The Balaban J connectivity index is 0.882. The summed E-state index contributed by atoms with van der Waals surface area (Å²) in [7, 11) is 0. The number of hydrogen-bond acceptors (Lipinski definition) is 2. The Kier molecular flexibility index (Phi) is 10.1. The molecule has 0 fully saturated rings. The molecular formula is C62H48F2N4. The Hall–Kier alpha value is -8.22. The number of para-hydroxylation sites is 3. The first kappa shape index (κ1) is 41.2. The van der Waals surface area contributed by atoms with Gasteiger partial charge in [-0.2, -0.15) is 0 Å². The van der Waals surface area contributed by atoms with Crippen molar-refractivity contribution in [2.45, 2.75) is 32.1 Å². The lowest BCUT2D eigenvalue weighted by Crippen LogP contribution is -2.24. The second-order valence-corrected chi connectivity index (χ2v) is 18.4. The molecule has 2 aliphatic rings. The Morgan fingerprint density at radius 2 is 1.03 bits per heavy atom. The topological polar surface area (TPSA) is 16.3 Å². The monoisotopic (exact) mass is 886 g/mol. The van der Waals surface area contributed by atoms with Gasteiger partial charge in [0.1, 0.15) is 11.6 Å². The van der Waals surface area contributed by atoms with Gasteiger partial charge in [0, 0.05) is 78.3 Å². The van der Waals surface area contributed by atoms with Gasteiger partial charge in [-0.3, -0.25) is 0 Å². The number of hydrogen-bond donors (Lipinski definition) is 0. The number of halogens is 2. The van der Waals surface area contributed by atoms with Crippen molar-refractivity contribution in [2.75, 3.05) is 9.80 Å². The molecule has 2 heterocycles. The van der Waals surface area contributed by atoms with E-state index in [1.165, 1.54) is 34.3 Å². The van der Waals surface area contributed by atoms with E-state index in [0.29, 0.717) is 5.92 Å². The van der Waals surface area contributed by atoms with Crippen molar-refractivity contribution >= 4 is 67.2 Å². The molecular weight excluding hydrogens is 839 g/mol. The molecule has 0 spiro atoms. The van der Waals surface area contributed by atoms with Gasteiger partial charge in [-0.25, -0.2) is 8.78 Å². The lowest BCUT2D eigenvalue weighted by atomic mass is 9.76. The fourth-order valence-corrected chi connectivity index (χ4v) is 10.5. The maximum Gasteiger partial charge on any atom is 0.123 e. The van der Waals surface area contributed by atoms with Crippen molar-refractivity contribution in [1.29, 1.82) is 0 Å². The predicted octanol–water partition coefficient (Wildman–Crippen LogP) is 16.6. The minimum absolute atomic E-state index is 0.236. The van der Waals surface area contributed by atoms with Gasteiger partial charge < -0.3 is 18.9 Å². The van der Waals surface area contributed by atoms with Gasteiger partial charge in [-0.15, -0.1) is 0 Å². The van der Waals surface area contributed by atoms with Crippen LogP contribution in [0.3, 0.4) is 0 Å². The normalized spacial score (nSPS) is 16.6. The number of fused-ring (bicyclic) bond motifs is 6. The summed E-state index contributed by atoms with van der Waals surface area (Å²) in [5.41, 5.74) is 15.1. The van der Waals surface area contributed by atoms with Crippen LogP contribution in [0.2, 0.25) is 0 Å². The number of anilines is 5. The van der Waals surface area contributed by atoms with Crippen LogP contribution in [0.1, 0.15) is 37.1 Å². The van der Waals surface area contributed by atoms with Gasteiger partial charge >= 0.3 is 0 Å². The second kappa shape index (κ2) is 16.6. The van der Waals surface area contributed by atoms with Crippen LogP contribution in [-0.2, 0) is 11.8 Å². The molecule has 68 heavy (non-hydrogen) atoms. The van der Waals surface area contributed by atoms with Gasteiger partial charge in [0.25, 0.3) is 0 Å². The molecule has 2 aliphatic carbocycles. The van der Waals surface area contributed by atoms with Crippen LogP contribution >= 0.6 is 0 Å². The summed E-state index contributed by atoms with van der Waals surface area (Å²) in [6, 6.07) is 65.6. The van der Waals surface area contributed by atoms with E-state index in [1.54, 1.807) is 12.1 Å². The van der Waals surface area contributed by atoms with E-state index < -0.39 is 0 Å². The first-order valence-electron chi connectivity index (χ1n) is 23.4. The van der Waals surface area contributed by atoms with Crippen LogP contribution in [-0.4, -0.2) is 9.13 Å². The van der Waals surface area contributed by atoms with E-state index in [0.717, 1.165) is 85.7 Å². The van der Waals surface area contributed by atoms with Crippen LogP contribution < -0.4 is 9.80 Å². The molecule has 10 aromatic rings. The van der Waals surface area contributed by atoms with E-state index in [2.05, 4.69) is 209 Å². The molecule has 6 heteroatoms. The summed E-state index contributed by atoms with van der Waals surface area (Å²) in [5.74, 6) is -0.0820. The molecule has 0 saturated carbocycles. The number of rotatable bonds is 9. The standard InChI is InChI=1S/C62H48F2N4/c1-42-17-32-55-57-41-52(31-34-60(57)68(61(55)39-42)50-28-22-45(64)23-29-50)65(46-11-5-3-6-12-46)48-24-18-43(19-25-48)62(2)37-35-51(36-38-62)66(47-13-7-4-8-14-47)53-30-33-59-56(40-53)54-15-9-10-16-58(54)67(59)49-26-20-44(63)21-27-49/h3-37,40-42H,38-39H2,1-2H3. The summed E-state index contributed by atoms with van der Waals surface area (Å²) < 4.78 is 32.7. The van der Waals surface area contributed by atoms with Gasteiger partial charge in [0.15, 0.2) is 0 Å². The second-order valence-electron chi connectivity index (χ2n) is 18.4. The number of allylic oxidation sites excluding steroid dienone is 4. The minimum atomic E-state index is -0.250. The third-order valence-electron chi connectivity index (χ3n) is 14.0. The summed E-state index contributed by atoms with van der Waals surface area (Å²) in [4.78, 5) is 4.68. The number of aromatic nitrogens is 2. The Morgan fingerprint density at radius 3 is 1.68 bits per heavy atom. The van der Waals surface area contributed by atoms with Crippen LogP contribution in [0.15, 0.2) is 224 Å². The third kappa shape index (κ3) is 7.12. The fraction of sp³-hybridized carbons (Fsp3) is 0.0968. The molecule has 330 valence electrons. The average Bonchev–Trinajstić information content (AvgIpc) is 3.88.